The lowest BCUT2D eigenvalue weighted by Gasteiger charge is -2.35. The third kappa shape index (κ3) is 2.37. The minimum absolute atomic E-state index is 0.505. The van der Waals surface area contributed by atoms with Crippen LogP contribution >= 0.6 is 0 Å². The zero-order valence-corrected chi connectivity index (χ0v) is 9.30. The van der Waals surface area contributed by atoms with E-state index in [1.165, 1.54) is 38.5 Å². The number of carbonyl (C=O) groups excluding carboxylic acids is 1. The van der Waals surface area contributed by atoms with E-state index >= 15 is 0 Å². The third-order valence-electron chi connectivity index (χ3n) is 4.23. The molecule has 0 heterocycles. The first-order chi connectivity index (χ1) is 6.75. The Morgan fingerprint density at radius 2 is 1.71 bits per heavy atom. The van der Waals surface area contributed by atoms with Gasteiger partial charge in [-0.2, -0.15) is 0 Å². The van der Waals surface area contributed by atoms with E-state index < -0.39 is 0 Å². The van der Waals surface area contributed by atoms with Gasteiger partial charge in [-0.25, -0.2) is 0 Å². The number of rotatable bonds is 1. The fraction of sp³-hybridized carbons (Fsp3) is 0.923. The molecule has 0 spiro atoms. The summed E-state index contributed by atoms with van der Waals surface area (Å²) in [5.74, 6) is 3.28. The van der Waals surface area contributed by atoms with E-state index in [1.54, 1.807) is 0 Å². The summed E-state index contributed by atoms with van der Waals surface area (Å²) >= 11 is 0. The highest BCUT2D eigenvalue weighted by atomic mass is 16.1. The second-order valence-corrected chi connectivity index (χ2v) is 5.41. The van der Waals surface area contributed by atoms with Crippen molar-refractivity contribution in [3.63, 3.8) is 0 Å². The van der Waals surface area contributed by atoms with Crippen LogP contribution in [0.2, 0.25) is 0 Å². The first-order valence-electron chi connectivity index (χ1n) is 6.27. The Morgan fingerprint density at radius 1 is 1.00 bits per heavy atom. The van der Waals surface area contributed by atoms with Gasteiger partial charge in [-0.3, -0.25) is 4.79 Å². The molecule has 2 rings (SSSR count). The Balaban J connectivity index is 1.85. The molecule has 0 saturated heterocycles. The minimum Gasteiger partial charge on any atom is -0.300 e. The van der Waals surface area contributed by atoms with Crippen LogP contribution in [-0.4, -0.2) is 5.78 Å². The van der Waals surface area contributed by atoms with E-state index in [2.05, 4.69) is 6.92 Å². The van der Waals surface area contributed by atoms with Gasteiger partial charge in [0.15, 0.2) is 0 Å². The van der Waals surface area contributed by atoms with Crippen LogP contribution in [0.5, 0.6) is 0 Å². The number of hydrogen-bond acceptors (Lipinski definition) is 1. The van der Waals surface area contributed by atoms with Gasteiger partial charge in [0.25, 0.3) is 0 Å². The van der Waals surface area contributed by atoms with Crippen LogP contribution in [0.15, 0.2) is 0 Å². The van der Waals surface area contributed by atoms with Crippen molar-refractivity contribution in [1.29, 1.82) is 0 Å². The van der Waals surface area contributed by atoms with Crippen molar-refractivity contribution < 1.29 is 4.79 Å². The molecule has 0 aliphatic heterocycles. The second kappa shape index (κ2) is 4.46. The third-order valence-corrected chi connectivity index (χ3v) is 4.23. The van der Waals surface area contributed by atoms with Crippen molar-refractivity contribution in [3.8, 4) is 0 Å². The van der Waals surface area contributed by atoms with Crippen LogP contribution in [0, 0.1) is 17.8 Å². The monoisotopic (exact) mass is 194 g/mol. The summed E-state index contributed by atoms with van der Waals surface area (Å²) in [5.41, 5.74) is 0. The molecular formula is C13H22O. The zero-order valence-electron chi connectivity index (χ0n) is 9.30. The fourth-order valence-corrected chi connectivity index (χ4v) is 3.34. The molecule has 0 radical (unpaired) electrons. The molecule has 0 bridgehead atoms. The molecule has 2 aliphatic rings. The van der Waals surface area contributed by atoms with Crippen LogP contribution < -0.4 is 0 Å². The van der Waals surface area contributed by atoms with Gasteiger partial charge in [-0.15, -0.1) is 0 Å². The number of hydrogen-bond donors (Lipinski definition) is 0. The average molecular weight is 194 g/mol. The predicted octanol–water partition coefficient (Wildman–Crippen LogP) is 3.57. The maximum absolute atomic E-state index is 11.2. The van der Waals surface area contributed by atoms with E-state index in [1.807, 2.05) is 0 Å². The summed E-state index contributed by atoms with van der Waals surface area (Å²) in [6, 6.07) is 0. The van der Waals surface area contributed by atoms with Gasteiger partial charge >= 0.3 is 0 Å². The van der Waals surface area contributed by atoms with Crippen molar-refractivity contribution in [2.45, 2.75) is 58.3 Å². The Hall–Kier alpha value is -0.330. The van der Waals surface area contributed by atoms with Crippen LogP contribution in [0.1, 0.15) is 58.3 Å². The predicted molar refractivity (Wildman–Crippen MR) is 58.1 cm³/mol. The van der Waals surface area contributed by atoms with E-state index in [0.717, 1.165) is 30.6 Å². The Labute approximate surface area is 87.3 Å². The van der Waals surface area contributed by atoms with Crippen LogP contribution in [0.4, 0.5) is 0 Å². The number of Topliss-reactive ketones (excluding diaryl/α,β-unsaturated/α-hetero) is 1. The van der Waals surface area contributed by atoms with Crippen molar-refractivity contribution in [1.82, 2.24) is 0 Å². The summed E-state index contributed by atoms with van der Waals surface area (Å²) < 4.78 is 0. The first kappa shape index (κ1) is 10.2. The quantitative estimate of drug-likeness (QED) is 0.623. The lowest BCUT2D eigenvalue weighted by Crippen LogP contribution is -2.25. The van der Waals surface area contributed by atoms with Crippen molar-refractivity contribution >= 4 is 5.78 Å². The van der Waals surface area contributed by atoms with Crippen molar-refractivity contribution in [2.24, 2.45) is 17.8 Å². The van der Waals surface area contributed by atoms with Crippen molar-refractivity contribution in [3.05, 3.63) is 0 Å². The molecule has 2 saturated carbocycles. The normalized spacial score (nSPS) is 35.9. The summed E-state index contributed by atoms with van der Waals surface area (Å²) in [7, 11) is 0. The van der Waals surface area contributed by atoms with Gasteiger partial charge in [0.05, 0.1) is 0 Å². The van der Waals surface area contributed by atoms with E-state index in [0.29, 0.717) is 5.78 Å². The molecule has 14 heavy (non-hydrogen) atoms. The highest BCUT2D eigenvalue weighted by Gasteiger charge is 2.29. The van der Waals surface area contributed by atoms with Crippen LogP contribution in [-0.2, 0) is 4.79 Å². The summed E-state index contributed by atoms with van der Waals surface area (Å²) in [6.07, 6.45) is 9.85. The number of carbonyl (C=O) groups is 1. The molecule has 0 aromatic heterocycles. The summed E-state index contributed by atoms with van der Waals surface area (Å²) in [6.45, 7) is 2.39. The van der Waals surface area contributed by atoms with Gasteiger partial charge < -0.3 is 0 Å². The van der Waals surface area contributed by atoms with Gasteiger partial charge in [0, 0.05) is 12.8 Å². The second-order valence-electron chi connectivity index (χ2n) is 5.41. The smallest absolute Gasteiger partial charge is 0.132 e. The molecule has 0 aromatic rings. The highest BCUT2D eigenvalue weighted by molar-refractivity contribution is 5.79. The largest absolute Gasteiger partial charge is 0.300 e. The molecule has 0 aromatic carbocycles. The maximum Gasteiger partial charge on any atom is 0.132 e. The Morgan fingerprint density at radius 3 is 2.36 bits per heavy atom. The SMILES string of the molecule is CC1CCCC(C2CCC(=O)CC2)C1. The summed E-state index contributed by atoms with van der Waals surface area (Å²) in [4.78, 5) is 11.2. The lowest BCUT2D eigenvalue weighted by atomic mass is 9.71. The summed E-state index contributed by atoms with van der Waals surface area (Å²) in [5, 5.41) is 0. The molecule has 2 aliphatic carbocycles. The lowest BCUT2D eigenvalue weighted by molar-refractivity contribution is -0.121. The molecule has 2 atom stereocenters. The minimum atomic E-state index is 0.505. The zero-order chi connectivity index (χ0) is 9.97. The first-order valence-corrected chi connectivity index (χ1v) is 6.27. The van der Waals surface area contributed by atoms with E-state index in [9.17, 15) is 4.79 Å². The molecule has 1 heteroatoms. The molecular weight excluding hydrogens is 172 g/mol. The van der Waals surface area contributed by atoms with Crippen molar-refractivity contribution in [2.75, 3.05) is 0 Å². The number of ketones is 1. The van der Waals surface area contributed by atoms with Gasteiger partial charge in [0.2, 0.25) is 0 Å². The van der Waals surface area contributed by atoms with Crippen LogP contribution in [0.3, 0.4) is 0 Å². The molecule has 2 unspecified atom stereocenters. The van der Waals surface area contributed by atoms with Gasteiger partial charge in [0.1, 0.15) is 5.78 Å². The highest BCUT2D eigenvalue weighted by Crippen LogP contribution is 2.39. The maximum atomic E-state index is 11.2. The molecule has 0 amide bonds. The average Bonchev–Trinajstić information content (AvgIpc) is 2.19. The standard InChI is InChI=1S/C13H22O/c1-10-3-2-4-12(9-10)11-5-7-13(14)8-6-11/h10-12H,2-9H2,1H3. The van der Waals surface area contributed by atoms with E-state index in [4.69, 9.17) is 0 Å². The van der Waals surface area contributed by atoms with Gasteiger partial charge in [-0.05, 0) is 37.0 Å². The van der Waals surface area contributed by atoms with Gasteiger partial charge in [-0.1, -0.05) is 26.2 Å². The fourth-order valence-electron chi connectivity index (χ4n) is 3.34. The van der Waals surface area contributed by atoms with E-state index in [-0.39, 0.29) is 0 Å². The molecule has 0 N–H and O–H groups in total. The topological polar surface area (TPSA) is 17.1 Å². The Bertz CT molecular complexity index is 199. The molecule has 80 valence electrons. The molecule has 2 fully saturated rings. The Kier molecular flexibility index (Phi) is 3.25. The van der Waals surface area contributed by atoms with Crippen LogP contribution in [0.25, 0.3) is 0 Å². The molecule has 1 nitrogen and oxygen atoms in total.